The maximum Gasteiger partial charge on any atom is 0.300 e. The Labute approximate surface area is 93.3 Å². The number of nitrogens with one attached hydrogen (secondary N) is 1. The predicted octanol–water partition coefficient (Wildman–Crippen LogP) is 1.57. The number of thiazole rings is 1. The number of carbonyl (C=O) groups excluding carboxylic acids is 1. The van der Waals surface area contributed by atoms with Gasteiger partial charge >= 0.3 is 0 Å². The van der Waals surface area contributed by atoms with E-state index in [4.69, 9.17) is 9.90 Å². The quantitative estimate of drug-likeness (QED) is 0.806. The van der Waals surface area contributed by atoms with Crippen LogP contribution in [0.5, 0.6) is 0 Å². The molecule has 0 saturated carbocycles. The van der Waals surface area contributed by atoms with E-state index in [1.165, 1.54) is 11.3 Å². The third kappa shape index (κ3) is 7.69. The molecule has 5 nitrogen and oxygen atoms in total. The Hall–Kier alpha value is -0.950. The Morgan fingerprint density at radius 3 is 2.64 bits per heavy atom. The molecule has 0 unspecified atom stereocenters. The van der Waals surface area contributed by atoms with Crippen LogP contribution in [-0.2, 0) is 9.59 Å². The van der Waals surface area contributed by atoms with E-state index in [2.05, 4.69) is 26.2 Å². The number of carbonyl (C=O) groups is 2. The van der Waals surface area contributed by atoms with Gasteiger partial charge < -0.3 is 10.4 Å². The number of aliphatic carboxylic acids is 1. The Morgan fingerprint density at radius 2 is 2.29 bits per heavy atom. The van der Waals surface area contributed by atoms with Gasteiger partial charge in [-0.15, -0.1) is 11.3 Å². The molecular weight excluding hydrogens is 272 g/mol. The lowest BCUT2D eigenvalue weighted by atomic mass is 10.7. The molecule has 2 N–H and O–H groups in total. The van der Waals surface area contributed by atoms with Crippen molar-refractivity contribution >= 4 is 44.3 Å². The second-order valence-electron chi connectivity index (χ2n) is 2.04. The first-order chi connectivity index (χ1) is 6.56. The molecule has 7 heteroatoms. The van der Waals surface area contributed by atoms with Crippen molar-refractivity contribution in [2.75, 3.05) is 10.6 Å². The van der Waals surface area contributed by atoms with Gasteiger partial charge in [-0.2, -0.15) is 0 Å². The summed E-state index contributed by atoms with van der Waals surface area (Å²) in [6, 6.07) is 0. The molecule has 0 aromatic carbocycles. The van der Waals surface area contributed by atoms with E-state index in [1.807, 2.05) is 5.38 Å². The Bertz CT molecular complexity index is 285. The molecule has 0 aliphatic rings. The van der Waals surface area contributed by atoms with Gasteiger partial charge in [0, 0.05) is 18.5 Å². The van der Waals surface area contributed by atoms with Crippen molar-refractivity contribution in [3.8, 4) is 0 Å². The number of nitrogens with zero attached hydrogens (tertiary/aromatic N) is 1. The van der Waals surface area contributed by atoms with Gasteiger partial charge in [-0.3, -0.25) is 9.59 Å². The van der Waals surface area contributed by atoms with Gasteiger partial charge in [0.1, 0.15) is 0 Å². The van der Waals surface area contributed by atoms with Gasteiger partial charge in [-0.05, 0) is 0 Å². The molecule has 1 heterocycles. The standard InChI is InChI=1S/C5H5BrN2OS.C2H4O2/c6-3-4(9)8-5-7-1-2-10-5;1-2(3)4/h1-2H,3H2,(H,7,8,9);1H3,(H,3,4). The number of hydrogen-bond donors (Lipinski definition) is 2. The molecule has 0 aliphatic heterocycles. The first kappa shape index (κ1) is 13.1. The molecule has 0 atom stereocenters. The molecule has 0 bridgehead atoms. The zero-order chi connectivity index (χ0) is 11.0. The van der Waals surface area contributed by atoms with E-state index in [-0.39, 0.29) is 5.91 Å². The maximum absolute atomic E-state index is 10.7. The molecule has 1 aromatic heterocycles. The molecule has 1 rings (SSSR count). The third-order valence-corrected chi connectivity index (χ3v) is 2.00. The molecule has 0 fully saturated rings. The SMILES string of the molecule is CC(=O)O.O=C(CBr)Nc1nccs1. The minimum absolute atomic E-state index is 0.0741. The third-order valence-electron chi connectivity index (χ3n) is 0.800. The van der Waals surface area contributed by atoms with E-state index in [1.54, 1.807) is 6.20 Å². The number of amides is 1. The van der Waals surface area contributed by atoms with Gasteiger partial charge in [0.05, 0.1) is 5.33 Å². The fourth-order valence-electron chi connectivity index (χ4n) is 0.438. The lowest BCUT2D eigenvalue weighted by Gasteiger charge is -1.94. The topological polar surface area (TPSA) is 79.3 Å². The van der Waals surface area contributed by atoms with E-state index in [0.717, 1.165) is 6.92 Å². The number of carboxylic acids is 1. The fraction of sp³-hybridized carbons (Fsp3) is 0.286. The average Bonchev–Trinajstić information content (AvgIpc) is 2.55. The van der Waals surface area contributed by atoms with Crippen LogP contribution >= 0.6 is 27.3 Å². The monoisotopic (exact) mass is 280 g/mol. The van der Waals surface area contributed by atoms with Gasteiger partial charge in [0.2, 0.25) is 5.91 Å². The molecule has 1 amide bonds. The minimum atomic E-state index is -0.833. The van der Waals surface area contributed by atoms with Crippen LogP contribution in [0.3, 0.4) is 0 Å². The van der Waals surface area contributed by atoms with Crippen molar-refractivity contribution in [3.05, 3.63) is 11.6 Å². The van der Waals surface area contributed by atoms with E-state index in [9.17, 15) is 4.79 Å². The average molecular weight is 281 g/mol. The van der Waals surface area contributed by atoms with Crippen molar-refractivity contribution in [1.82, 2.24) is 4.98 Å². The lowest BCUT2D eigenvalue weighted by molar-refractivity contribution is -0.134. The fourth-order valence-corrected chi connectivity index (χ4v) is 1.12. The molecule has 0 saturated heterocycles. The Balaban J connectivity index is 0.000000364. The predicted molar refractivity (Wildman–Crippen MR) is 57.8 cm³/mol. The zero-order valence-corrected chi connectivity index (χ0v) is 9.76. The van der Waals surface area contributed by atoms with Crippen molar-refractivity contribution in [2.24, 2.45) is 0 Å². The second kappa shape index (κ2) is 7.45. The molecule has 78 valence electrons. The number of anilines is 1. The van der Waals surface area contributed by atoms with E-state index >= 15 is 0 Å². The zero-order valence-electron chi connectivity index (χ0n) is 7.36. The highest BCUT2D eigenvalue weighted by Gasteiger charge is 1.99. The number of aromatic nitrogens is 1. The number of alkyl halides is 1. The lowest BCUT2D eigenvalue weighted by Crippen LogP contribution is -2.11. The molecule has 0 spiro atoms. The molecular formula is C7H9BrN2O3S. The van der Waals surface area contributed by atoms with Crippen molar-refractivity contribution in [3.63, 3.8) is 0 Å². The van der Waals surface area contributed by atoms with Crippen molar-refractivity contribution in [2.45, 2.75) is 6.92 Å². The van der Waals surface area contributed by atoms with Crippen molar-refractivity contribution in [1.29, 1.82) is 0 Å². The summed E-state index contributed by atoms with van der Waals surface area (Å²) in [6.07, 6.45) is 1.65. The van der Waals surface area contributed by atoms with Gasteiger partial charge in [0.25, 0.3) is 5.97 Å². The molecule has 1 aromatic rings. The van der Waals surface area contributed by atoms with Gasteiger partial charge in [-0.25, -0.2) is 4.98 Å². The highest BCUT2D eigenvalue weighted by atomic mass is 79.9. The Morgan fingerprint density at radius 1 is 1.71 bits per heavy atom. The summed E-state index contributed by atoms with van der Waals surface area (Å²) in [4.78, 5) is 23.6. The minimum Gasteiger partial charge on any atom is -0.481 e. The van der Waals surface area contributed by atoms with E-state index < -0.39 is 5.97 Å². The summed E-state index contributed by atoms with van der Waals surface area (Å²) < 4.78 is 0. The summed E-state index contributed by atoms with van der Waals surface area (Å²) in [6.45, 7) is 1.08. The van der Waals surface area contributed by atoms with Crippen LogP contribution in [0.1, 0.15) is 6.92 Å². The first-order valence-electron chi connectivity index (χ1n) is 3.51. The Kier molecular flexibility index (Phi) is 6.95. The van der Waals surface area contributed by atoms with Crippen LogP contribution < -0.4 is 5.32 Å². The van der Waals surface area contributed by atoms with Crippen LogP contribution in [0.4, 0.5) is 5.13 Å². The number of rotatable bonds is 2. The van der Waals surface area contributed by atoms with Crippen LogP contribution in [0.15, 0.2) is 11.6 Å². The highest BCUT2D eigenvalue weighted by Crippen LogP contribution is 2.09. The maximum atomic E-state index is 10.7. The van der Waals surface area contributed by atoms with E-state index in [0.29, 0.717) is 10.5 Å². The van der Waals surface area contributed by atoms with Crippen LogP contribution in [0, 0.1) is 0 Å². The summed E-state index contributed by atoms with van der Waals surface area (Å²) in [7, 11) is 0. The molecule has 14 heavy (non-hydrogen) atoms. The van der Waals surface area contributed by atoms with Crippen molar-refractivity contribution < 1.29 is 14.7 Å². The summed E-state index contributed by atoms with van der Waals surface area (Å²) >= 11 is 4.43. The summed E-state index contributed by atoms with van der Waals surface area (Å²) in [5.41, 5.74) is 0. The largest absolute Gasteiger partial charge is 0.481 e. The number of hydrogen-bond acceptors (Lipinski definition) is 4. The van der Waals surface area contributed by atoms with Gasteiger partial charge in [-0.1, -0.05) is 15.9 Å². The van der Waals surface area contributed by atoms with Gasteiger partial charge in [0.15, 0.2) is 5.13 Å². The highest BCUT2D eigenvalue weighted by molar-refractivity contribution is 9.09. The van der Waals surface area contributed by atoms with Crippen LogP contribution in [-0.4, -0.2) is 27.3 Å². The van der Waals surface area contributed by atoms with Crippen LogP contribution in [0.2, 0.25) is 0 Å². The van der Waals surface area contributed by atoms with Crippen LogP contribution in [0.25, 0.3) is 0 Å². The molecule has 0 radical (unpaired) electrons. The molecule has 0 aliphatic carbocycles. The number of carboxylic acid groups (broad SMARTS) is 1. The normalized spacial score (nSPS) is 8.43. The smallest absolute Gasteiger partial charge is 0.300 e. The summed E-state index contributed by atoms with van der Waals surface area (Å²) in [5, 5.41) is 12.8. The summed E-state index contributed by atoms with van der Waals surface area (Å²) in [5.74, 6) is -0.907. The first-order valence-corrected chi connectivity index (χ1v) is 5.51. The number of halogens is 1. The second-order valence-corrected chi connectivity index (χ2v) is 3.49.